The van der Waals surface area contributed by atoms with E-state index in [0.717, 1.165) is 49.2 Å². The summed E-state index contributed by atoms with van der Waals surface area (Å²) in [6.45, 7) is 1.43. The number of hydrogen-bond donors (Lipinski definition) is 2. The largest absolute Gasteiger partial charge is 0.356 e. The lowest BCUT2D eigenvalue weighted by atomic mass is 9.81. The Morgan fingerprint density at radius 3 is 2.70 bits per heavy atom. The molecule has 1 aliphatic carbocycles. The molecule has 1 aromatic rings. The highest BCUT2D eigenvalue weighted by atomic mass is 35.5. The molecule has 1 aromatic carbocycles. The van der Waals surface area contributed by atoms with E-state index in [1.165, 1.54) is 0 Å². The van der Waals surface area contributed by atoms with Crippen LogP contribution >= 0.6 is 11.6 Å². The first-order valence-corrected chi connectivity index (χ1v) is 7.79. The SMILES string of the molecule is NCC1CCC(C(=O)NCCc2cccc(Cl)c2)CC1. The zero-order valence-corrected chi connectivity index (χ0v) is 12.5. The van der Waals surface area contributed by atoms with Crippen LogP contribution in [-0.4, -0.2) is 19.0 Å². The molecule has 0 unspecified atom stereocenters. The summed E-state index contributed by atoms with van der Waals surface area (Å²) in [7, 11) is 0. The van der Waals surface area contributed by atoms with Gasteiger partial charge in [0.15, 0.2) is 0 Å². The van der Waals surface area contributed by atoms with Crippen molar-refractivity contribution in [2.45, 2.75) is 32.1 Å². The van der Waals surface area contributed by atoms with Gasteiger partial charge in [0.2, 0.25) is 5.91 Å². The molecule has 110 valence electrons. The van der Waals surface area contributed by atoms with E-state index in [-0.39, 0.29) is 11.8 Å². The van der Waals surface area contributed by atoms with Crippen LogP contribution in [0, 0.1) is 11.8 Å². The number of rotatable bonds is 5. The highest BCUT2D eigenvalue weighted by Crippen LogP contribution is 2.28. The van der Waals surface area contributed by atoms with Crippen LogP contribution in [-0.2, 0) is 11.2 Å². The van der Waals surface area contributed by atoms with Crippen molar-refractivity contribution in [1.82, 2.24) is 5.32 Å². The Bertz CT molecular complexity index is 442. The Hall–Kier alpha value is -1.06. The minimum Gasteiger partial charge on any atom is -0.356 e. The fourth-order valence-corrected chi connectivity index (χ4v) is 3.04. The van der Waals surface area contributed by atoms with E-state index in [9.17, 15) is 4.79 Å². The number of carbonyl (C=O) groups is 1. The van der Waals surface area contributed by atoms with Gasteiger partial charge in [-0.1, -0.05) is 23.7 Å². The summed E-state index contributed by atoms with van der Waals surface area (Å²) < 4.78 is 0. The molecule has 0 aromatic heterocycles. The van der Waals surface area contributed by atoms with Crippen molar-refractivity contribution in [3.8, 4) is 0 Å². The molecule has 3 nitrogen and oxygen atoms in total. The zero-order chi connectivity index (χ0) is 14.4. The molecule has 0 spiro atoms. The predicted octanol–water partition coefficient (Wildman–Crippen LogP) is 2.76. The van der Waals surface area contributed by atoms with Gasteiger partial charge in [0, 0.05) is 17.5 Å². The predicted molar refractivity (Wildman–Crippen MR) is 82.7 cm³/mol. The molecule has 0 heterocycles. The molecule has 0 atom stereocenters. The smallest absolute Gasteiger partial charge is 0.223 e. The topological polar surface area (TPSA) is 55.1 Å². The molecule has 20 heavy (non-hydrogen) atoms. The zero-order valence-electron chi connectivity index (χ0n) is 11.8. The molecule has 2 rings (SSSR count). The lowest BCUT2D eigenvalue weighted by molar-refractivity contribution is -0.126. The van der Waals surface area contributed by atoms with Crippen LogP contribution < -0.4 is 11.1 Å². The van der Waals surface area contributed by atoms with Gasteiger partial charge in [-0.25, -0.2) is 0 Å². The standard InChI is InChI=1S/C16H23ClN2O/c17-15-3-1-2-12(10-15)8-9-19-16(20)14-6-4-13(11-18)5-7-14/h1-3,10,13-14H,4-9,11,18H2,(H,19,20). The Balaban J connectivity index is 1.70. The summed E-state index contributed by atoms with van der Waals surface area (Å²) in [5, 5.41) is 3.78. The molecular formula is C16H23ClN2O. The van der Waals surface area contributed by atoms with Crippen molar-refractivity contribution in [3.05, 3.63) is 34.9 Å². The monoisotopic (exact) mass is 294 g/mol. The van der Waals surface area contributed by atoms with E-state index < -0.39 is 0 Å². The normalized spacial score (nSPS) is 22.5. The first kappa shape index (κ1) is 15.3. The third kappa shape index (κ3) is 4.50. The maximum absolute atomic E-state index is 12.1. The van der Waals surface area contributed by atoms with Crippen LogP contribution in [0.3, 0.4) is 0 Å². The minimum atomic E-state index is 0.178. The molecule has 0 saturated heterocycles. The third-order valence-electron chi connectivity index (χ3n) is 4.15. The number of halogens is 1. The molecule has 0 radical (unpaired) electrons. The van der Waals surface area contributed by atoms with Gasteiger partial charge in [0.05, 0.1) is 0 Å². The first-order valence-electron chi connectivity index (χ1n) is 7.41. The van der Waals surface area contributed by atoms with Gasteiger partial charge in [-0.2, -0.15) is 0 Å². The lowest BCUT2D eigenvalue weighted by Crippen LogP contribution is -2.35. The number of benzene rings is 1. The summed E-state index contributed by atoms with van der Waals surface area (Å²) in [4.78, 5) is 12.1. The number of amides is 1. The van der Waals surface area contributed by atoms with Crippen LogP contribution in [0.4, 0.5) is 0 Å². The first-order chi connectivity index (χ1) is 9.69. The van der Waals surface area contributed by atoms with Gasteiger partial charge < -0.3 is 11.1 Å². The molecule has 3 N–H and O–H groups in total. The second kappa shape index (κ2) is 7.65. The molecule has 0 bridgehead atoms. The van der Waals surface area contributed by atoms with Gasteiger partial charge in [-0.05, 0) is 62.3 Å². The molecule has 1 saturated carbocycles. The molecule has 1 amide bonds. The van der Waals surface area contributed by atoms with Gasteiger partial charge in [0.1, 0.15) is 0 Å². The van der Waals surface area contributed by atoms with Crippen LogP contribution in [0.5, 0.6) is 0 Å². The summed E-state index contributed by atoms with van der Waals surface area (Å²) in [5.74, 6) is 0.991. The minimum absolute atomic E-state index is 0.178. The summed E-state index contributed by atoms with van der Waals surface area (Å²) in [6, 6.07) is 7.78. The van der Waals surface area contributed by atoms with Crippen molar-refractivity contribution < 1.29 is 4.79 Å². The fourth-order valence-electron chi connectivity index (χ4n) is 2.83. The Labute approximate surface area is 125 Å². The average molecular weight is 295 g/mol. The maximum Gasteiger partial charge on any atom is 0.223 e. The number of nitrogens with two attached hydrogens (primary N) is 1. The molecular weight excluding hydrogens is 272 g/mol. The van der Waals surface area contributed by atoms with E-state index in [1.807, 2.05) is 24.3 Å². The molecule has 1 aliphatic rings. The van der Waals surface area contributed by atoms with Crippen LogP contribution in [0.1, 0.15) is 31.2 Å². The van der Waals surface area contributed by atoms with Crippen LogP contribution in [0.15, 0.2) is 24.3 Å². The van der Waals surface area contributed by atoms with E-state index >= 15 is 0 Å². The van der Waals surface area contributed by atoms with Gasteiger partial charge in [0.25, 0.3) is 0 Å². The quantitative estimate of drug-likeness (QED) is 0.877. The van der Waals surface area contributed by atoms with E-state index in [1.54, 1.807) is 0 Å². The summed E-state index contributed by atoms with van der Waals surface area (Å²) >= 11 is 5.94. The van der Waals surface area contributed by atoms with E-state index in [4.69, 9.17) is 17.3 Å². The van der Waals surface area contributed by atoms with Crippen molar-refractivity contribution in [2.75, 3.05) is 13.1 Å². The molecule has 1 fully saturated rings. The Kier molecular flexibility index (Phi) is 5.86. The van der Waals surface area contributed by atoms with Crippen molar-refractivity contribution in [2.24, 2.45) is 17.6 Å². The highest BCUT2D eigenvalue weighted by Gasteiger charge is 2.25. The fraction of sp³-hybridized carbons (Fsp3) is 0.562. The van der Waals surface area contributed by atoms with Crippen molar-refractivity contribution >= 4 is 17.5 Å². The molecule has 0 aliphatic heterocycles. The third-order valence-corrected chi connectivity index (χ3v) is 4.39. The van der Waals surface area contributed by atoms with E-state index in [0.29, 0.717) is 12.5 Å². The second-order valence-electron chi connectivity index (χ2n) is 5.62. The van der Waals surface area contributed by atoms with Gasteiger partial charge in [-0.15, -0.1) is 0 Å². The van der Waals surface area contributed by atoms with E-state index in [2.05, 4.69) is 5.32 Å². The Morgan fingerprint density at radius 2 is 2.05 bits per heavy atom. The summed E-state index contributed by atoms with van der Waals surface area (Å²) in [5.41, 5.74) is 6.83. The van der Waals surface area contributed by atoms with Crippen LogP contribution in [0.2, 0.25) is 5.02 Å². The van der Waals surface area contributed by atoms with Crippen molar-refractivity contribution in [3.63, 3.8) is 0 Å². The van der Waals surface area contributed by atoms with Crippen molar-refractivity contribution in [1.29, 1.82) is 0 Å². The number of hydrogen-bond acceptors (Lipinski definition) is 2. The van der Waals surface area contributed by atoms with Gasteiger partial charge >= 0.3 is 0 Å². The highest BCUT2D eigenvalue weighted by molar-refractivity contribution is 6.30. The Morgan fingerprint density at radius 1 is 1.30 bits per heavy atom. The lowest BCUT2D eigenvalue weighted by Gasteiger charge is -2.26. The molecule has 4 heteroatoms. The summed E-state index contributed by atoms with van der Waals surface area (Å²) in [6.07, 6.45) is 4.95. The average Bonchev–Trinajstić information content (AvgIpc) is 2.47. The second-order valence-corrected chi connectivity index (χ2v) is 6.06. The maximum atomic E-state index is 12.1. The number of carbonyl (C=O) groups excluding carboxylic acids is 1. The van der Waals surface area contributed by atoms with Gasteiger partial charge in [-0.3, -0.25) is 4.79 Å². The number of nitrogens with one attached hydrogen (secondary N) is 1. The van der Waals surface area contributed by atoms with Crippen LogP contribution in [0.25, 0.3) is 0 Å².